The number of pyridine rings is 2. The van der Waals surface area contributed by atoms with E-state index in [0.717, 1.165) is 43.1 Å². The van der Waals surface area contributed by atoms with Crippen LogP contribution in [0.3, 0.4) is 0 Å². The SMILES string of the molecule is COc1cc([S-])c2ncccc2c1.COc1cc([S-])c2ncccc2c1.[Sn+2]. The maximum atomic E-state index is 5.16. The summed E-state index contributed by atoms with van der Waals surface area (Å²) in [5.41, 5.74) is 1.72. The van der Waals surface area contributed by atoms with Crippen LogP contribution >= 0.6 is 0 Å². The van der Waals surface area contributed by atoms with Gasteiger partial charge in [0.25, 0.3) is 0 Å². The Hall–Kier alpha value is -1.90. The van der Waals surface area contributed by atoms with E-state index < -0.39 is 0 Å². The minimum Gasteiger partial charge on any atom is -0.778 e. The standard InChI is InChI=1S/2C10H9NOS.Sn/c2*1-12-8-5-7-3-2-4-11-10(7)9(13)6-8;/h2*2-6,13H,1H3;/q;;+2/p-2. The molecule has 4 nitrogen and oxygen atoms in total. The molecule has 0 atom stereocenters. The van der Waals surface area contributed by atoms with Crippen molar-refractivity contribution in [1.82, 2.24) is 9.97 Å². The number of methoxy groups -OCH3 is 2. The van der Waals surface area contributed by atoms with E-state index in [0.29, 0.717) is 0 Å². The van der Waals surface area contributed by atoms with Crippen LogP contribution in [0, 0.1) is 0 Å². The second-order valence-electron chi connectivity index (χ2n) is 5.40. The van der Waals surface area contributed by atoms with Crippen LogP contribution < -0.4 is 9.47 Å². The van der Waals surface area contributed by atoms with Gasteiger partial charge in [-0.2, -0.15) is 0 Å². The number of benzene rings is 2. The molecular formula is C20H16N2O2S2Sn. The van der Waals surface area contributed by atoms with Crippen molar-refractivity contribution in [1.29, 1.82) is 0 Å². The van der Waals surface area contributed by atoms with Gasteiger partial charge in [-0.25, -0.2) is 0 Å². The van der Waals surface area contributed by atoms with Gasteiger partial charge in [-0.05, 0) is 36.4 Å². The van der Waals surface area contributed by atoms with Crippen molar-refractivity contribution in [2.45, 2.75) is 9.79 Å². The van der Waals surface area contributed by atoms with Gasteiger partial charge in [0.1, 0.15) is 11.5 Å². The maximum Gasteiger partial charge on any atom is 2.00 e. The predicted molar refractivity (Wildman–Crippen MR) is 114 cm³/mol. The zero-order valence-electron chi connectivity index (χ0n) is 14.8. The number of hydrogen-bond donors (Lipinski definition) is 0. The largest absolute Gasteiger partial charge is 2.00 e. The molecule has 0 amide bonds. The Morgan fingerprint density at radius 3 is 1.48 bits per heavy atom. The van der Waals surface area contributed by atoms with Crippen LogP contribution in [-0.4, -0.2) is 48.1 Å². The quantitative estimate of drug-likeness (QED) is 0.308. The molecule has 2 heterocycles. The summed E-state index contributed by atoms with van der Waals surface area (Å²) >= 11 is 10.3. The summed E-state index contributed by atoms with van der Waals surface area (Å²) < 4.78 is 10.2. The van der Waals surface area contributed by atoms with E-state index in [9.17, 15) is 0 Å². The van der Waals surface area contributed by atoms with Gasteiger partial charge in [-0.1, -0.05) is 12.1 Å². The molecule has 0 spiro atoms. The fourth-order valence-corrected chi connectivity index (χ4v) is 3.07. The van der Waals surface area contributed by atoms with E-state index in [-0.39, 0.29) is 23.9 Å². The zero-order valence-corrected chi connectivity index (χ0v) is 19.3. The summed E-state index contributed by atoms with van der Waals surface area (Å²) in [5.74, 6) is 1.57. The van der Waals surface area contributed by atoms with Gasteiger partial charge in [0.2, 0.25) is 0 Å². The molecule has 0 saturated heterocycles. The van der Waals surface area contributed by atoms with Crippen molar-refractivity contribution < 1.29 is 9.47 Å². The van der Waals surface area contributed by atoms with E-state index in [1.807, 2.05) is 48.5 Å². The molecule has 0 aliphatic heterocycles. The normalized spacial score (nSPS) is 9.85. The number of ether oxygens (including phenoxy) is 2. The average Bonchev–Trinajstić information content (AvgIpc) is 2.68. The molecule has 0 fully saturated rings. The van der Waals surface area contributed by atoms with E-state index in [1.165, 1.54) is 0 Å². The Bertz CT molecular complexity index is 975. The molecular weight excluding hydrogens is 483 g/mol. The van der Waals surface area contributed by atoms with E-state index in [2.05, 4.69) is 9.97 Å². The number of hydrogen-bond acceptors (Lipinski definition) is 6. The Balaban J connectivity index is 0.000000187. The van der Waals surface area contributed by atoms with Crippen LogP contribution in [0.4, 0.5) is 0 Å². The van der Waals surface area contributed by atoms with Gasteiger partial charge in [0.15, 0.2) is 0 Å². The smallest absolute Gasteiger partial charge is 0.778 e. The van der Waals surface area contributed by atoms with E-state index in [1.54, 1.807) is 26.6 Å². The Morgan fingerprint density at radius 1 is 0.704 bits per heavy atom. The number of rotatable bonds is 2. The van der Waals surface area contributed by atoms with E-state index >= 15 is 0 Å². The van der Waals surface area contributed by atoms with Crippen molar-refractivity contribution in [2.24, 2.45) is 0 Å². The monoisotopic (exact) mass is 500 g/mol. The van der Waals surface area contributed by atoms with Crippen LogP contribution in [0.25, 0.3) is 21.8 Å². The third-order valence-corrected chi connectivity index (χ3v) is 4.38. The number of nitrogens with zero attached hydrogens (tertiary/aromatic N) is 2. The molecule has 0 aliphatic rings. The van der Waals surface area contributed by atoms with Crippen LogP contribution in [0.1, 0.15) is 0 Å². The third kappa shape index (κ3) is 5.09. The van der Waals surface area contributed by atoms with Crippen LogP contribution in [0.2, 0.25) is 0 Å². The molecule has 0 N–H and O–H groups in total. The van der Waals surface area contributed by atoms with Gasteiger partial charge >= 0.3 is 23.9 Å². The van der Waals surface area contributed by atoms with Crippen molar-refractivity contribution in [3.05, 3.63) is 60.9 Å². The van der Waals surface area contributed by atoms with Crippen molar-refractivity contribution in [3.63, 3.8) is 0 Å². The molecule has 0 aliphatic carbocycles. The maximum absolute atomic E-state index is 5.16. The number of aromatic nitrogens is 2. The summed E-state index contributed by atoms with van der Waals surface area (Å²) in [6, 6.07) is 15.2. The van der Waals surface area contributed by atoms with Gasteiger partial charge in [0, 0.05) is 23.2 Å². The molecule has 2 aromatic heterocycles. The Kier molecular flexibility index (Phi) is 7.82. The second-order valence-corrected chi connectivity index (χ2v) is 6.28. The fraction of sp³-hybridized carbons (Fsp3) is 0.100. The molecule has 0 bridgehead atoms. The molecule has 2 aromatic carbocycles. The molecule has 27 heavy (non-hydrogen) atoms. The second kappa shape index (κ2) is 9.87. The Labute approximate surface area is 186 Å². The van der Waals surface area contributed by atoms with Crippen LogP contribution in [0.5, 0.6) is 11.5 Å². The zero-order chi connectivity index (χ0) is 18.5. The minimum absolute atomic E-state index is 0. The number of fused-ring (bicyclic) bond motifs is 2. The first-order valence-corrected chi connectivity index (χ1v) is 8.63. The molecule has 4 rings (SSSR count). The van der Waals surface area contributed by atoms with Gasteiger partial charge < -0.3 is 34.7 Å². The molecule has 2 radical (unpaired) electrons. The summed E-state index contributed by atoms with van der Waals surface area (Å²) in [5, 5.41) is 2.04. The topological polar surface area (TPSA) is 44.2 Å². The summed E-state index contributed by atoms with van der Waals surface area (Å²) in [4.78, 5) is 9.86. The minimum atomic E-state index is 0. The van der Waals surface area contributed by atoms with Gasteiger partial charge in [-0.3, -0.25) is 9.97 Å². The first-order chi connectivity index (χ1) is 12.6. The van der Waals surface area contributed by atoms with Crippen molar-refractivity contribution >= 4 is 71.0 Å². The first-order valence-electron chi connectivity index (χ1n) is 7.82. The molecule has 134 valence electrons. The summed E-state index contributed by atoms with van der Waals surface area (Å²) in [6.07, 6.45) is 3.48. The van der Waals surface area contributed by atoms with Crippen molar-refractivity contribution in [2.75, 3.05) is 14.2 Å². The van der Waals surface area contributed by atoms with Crippen molar-refractivity contribution in [3.8, 4) is 11.5 Å². The fourth-order valence-electron chi connectivity index (χ4n) is 2.50. The molecule has 7 heteroatoms. The molecule has 4 aromatic rings. The molecule has 0 saturated carbocycles. The van der Waals surface area contributed by atoms with Crippen LogP contribution in [-0.2, 0) is 25.3 Å². The first kappa shape index (κ1) is 21.4. The average molecular weight is 499 g/mol. The summed E-state index contributed by atoms with van der Waals surface area (Å²) in [6.45, 7) is 0. The van der Waals surface area contributed by atoms with E-state index in [4.69, 9.17) is 34.7 Å². The van der Waals surface area contributed by atoms with Gasteiger partial charge in [0.05, 0.1) is 25.3 Å². The third-order valence-electron chi connectivity index (χ3n) is 3.76. The van der Waals surface area contributed by atoms with Crippen LogP contribution in [0.15, 0.2) is 70.7 Å². The predicted octanol–water partition coefficient (Wildman–Crippen LogP) is 3.92. The Morgan fingerprint density at radius 2 is 1.11 bits per heavy atom. The van der Waals surface area contributed by atoms with Gasteiger partial charge in [-0.15, -0.1) is 9.79 Å². The molecule has 0 unspecified atom stereocenters. The summed E-state index contributed by atoms with van der Waals surface area (Å²) in [7, 11) is 3.26.